The largest absolute Gasteiger partial charge is 0.338 e. The zero-order valence-corrected chi connectivity index (χ0v) is 10.8. The van der Waals surface area contributed by atoms with Crippen LogP contribution in [0.25, 0.3) is 0 Å². The maximum atomic E-state index is 5.88. The molecule has 2 heterocycles. The summed E-state index contributed by atoms with van der Waals surface area (Å²) in [5.74, 6) is 1.42. The molecule has 5 heteroatoms. The van der Waals surface area contributed by atoms with Gasteiger partial charge in [0.25, 0.3) is 0 Å². The van der Waals surface area contributed by atoms with E-state index in [0.29, 0.717) is 18.9 Å². The lowest BCUT2D eigenvalue weighted by atomic mass is 10.1. The SMILES string of the molecule is N[C@@H]1CCN(Cc2nc(Cc3ccccc3)no2)C1. The first-order valence-electron chi connectivity index (χ1n) is 6.63. The lowest BCUT2D eigenvalue weighted by molar-refractivity contribution is 0.265. The van der Waals surface area contributed by atoms with Gasteiger partial charge in [-0.15, -0.1) is 0 Å². The Morgan fingerprint density at radius 1 is 1.32 bits per heavy atom. The molecule has 0 bridgehead atoms. The molecule has 1 aliphatic rings. The quantitative estimate of drug-likeness (QED) is 0.892. The number of likely N-dealkylation sites (tertiary alicyclic amines) is 1. The van der Waals surface area contributed by atoms with Crippen LogP contribution in [0.3, 0.4) is 0 Å². The van der Waals surface area contributed by atoms with E-state index in [0.717, 1.165) is 25.3 Å². The molecular formula is C14H18N4O. The first-order valence-corrected chi connectivity index (χ1v) is 6.63. The molecule has 0 amide bonds. The summed E-state index contributed by atoms with van der Waals surface area (Å²) >= 11 is 0. The highest BCUT2D eigenvalue weighted by molar-refractivity contribution is 5.18. The van der Waals surface area contributed by atoms with Crippen molar-refractivity contribution in [2.24, 2.45) is 5.73 Å². The van der Waals surface area contributed by atoms with Gasteiger partial charge < -0.3 is 10.3 Å². The van der Waals surface area contributed by atoms with E-state index in [-0.39, 0.29) is 6.04 Å². The summed E-state index contributed by atoms with van der Waals surface area (Å²) in [6, 6.07) is 10.4. The lowest BCUT2D eigenvalue weighted by Gasteiger charge is -2.10. The highest BCUT2D eigenvalue weighted by atomic mass is 16.5. The van der Waals surface area contributed by atoms with Gasteiger partial charge in [0, 0.05) is 25.6 Å². The molecule has 0 unspecified atom stereocenters. The van der Waals surface area contributed by atoms with Crippen LogP contribution in [0.4, 0.5) is 0 Å². The maximum Gasteiger partial charge on any atom is 0.240 e. The van der Waals surface area contributed by atoms with Crippen LogP contribution < -0.4 is 5.73 Å². The maximum absolute atomic E-state index is 5.88. The summed E-state index contributed by atoms with van der Waals surface area (Å²) in [6.07, 6.45) is 1.76. The van der Waals surface area contributed by atoms with Crippen LogP contribution in [0, 0.1) is 0 Å². The highest BCUT2D eigenvalue weighted by Crippen LogP contribution is 2.12. The van der Waals surface area contributed by atoms with Gasteiger partial charge in [-0.25, -0.2) is 0 Å². The molecule has 5 nitrogen and oxygen atoms in total. The average molecular weight is 258 g/mol. The Labute approximate surface area is 112 Å². The standard InChI is InChI=1S/C14H18N4O/c15-12-6-7-18(9-12)10-14-16-13(17-19-14)8-11-4-2-1-3-5-11/h1-5,12H,6-10,15H2/t12-/m1/s1. The number of hydrogen-bond acceptors (Lipinski definition) is 5. The topological polar surface area (TPSA) is 68.2 Å². The van der Waals surface area contributed by atoms with E-state index in [2.05, 4.69) is 27.2 Å². The molecule has 2 aromatic rings. The van der Waals surface area contributed by atoms with Crippen LogP contribution in [0.2, 0.25) is 0 Å². The number of nitrogens with two attached hydrogens (primary N) is 1. The summed E-state index contributed by atoms with van der Waals surface area (Å²) in [7, 11) is 0. The monoisotopic (exact) mass is 258 g/mol. The molecule has 1 aliphatic heterocycles. The fraction of sp³-hybridized carbons (Fsp3) is 0.429. The van der Waals surface area contributed by atoms with E-state index < -0.39 is 0 Å². The Kier molecular flexibility index (Phi) is 3.57. The summed E-state index contributed by atoms with van der Waals surface area (Å²) < 4.78 is 5.29. The Bertz CT molecular complexity index is 525. The van der Waals surface area contributed by atoms with Crippen LogP contribution >= 0.6 is 0 Å². The van der Waals surface area contributed by atoms with Crippen LogP contribution in [0.5, 0.6) is 0 Å². The molecule has 1 saturated heterocycles. The van der Waals surface area contributed by atoms with Gasteiger partial charge in [-0.2, -0.15) is 4.98 Å². The van der Waals surface area contributed by atoms with Gasteiger partial charge in [0.1, 0.15) is 0 Å². The van der Waals surface area contributed by atoms with Crippen molar-refractivity contribution in [2.45, 2.75) is 25.4 Å². The zero-order valence-electron chi connectivity index (χ0n) is 10.8. The lowest BCUT2D eigenvalue weighted by Crippen LogP contribution is -2.26. The molecule has 1 aromatic heterocycles. The smallest absolute Gasteiger partial charge is 0.240 e. The van der Waals surface area contributed by atoms with Gasteiger partial charge in [0.2, 0.25) is 5.89 Å². The third kappa shape index (κ3) is 3.19. The van der Waals surface area contributed by atoms with Crippen LogP contribution in [-0.2, 0) is 13.0 Å². The van der Waals surface area contributed by atoms with Crippen molar-refractivity contribution in [1.29, 1.82) is 0 Å². The fourth-order valence-corrected chi connectivity index (χ4v) is 2.40. The molecular weight excluding hydrogens is 240 g/mol. The van der Waals surface area contributed by atoms with E-state index in [9.17, 15) is 0 Å². The van der Waals surface area contributed by atoms with Gasteiger partial charge >= 0.3 is 0 Å². The van der Waals surface area contributed by atoms with Crippen LogP contribution in [0.1, 0.15) is 23.7 Å². The van der Waals surface area contributed by atoms with Crippen molar-refractivity contribution in [3.8, 4) is 0 Å². The molecule has 100 valence electrons. The van der Waals surface area contributed by atoms with Crippen LogP contribution in [0.15, 0.2) is 34.9 Å². The number of rotatable bonds is 4. The van der Waals surface area contributed by atoms with Crippen molar-refractivity contribution in [1.82, 2.24) is 15.0 Å². The zero-order chi connectivity index (χ0) is 13.1. The minimum absolute atomic E-state index is 0.284. The Morgan fingerprint density at radius 3 is 2.89 bits per heavy atom. The molecule has 1 aromatic carbocycles. The number of benzene rings is 1. The minimum atomic E-state index is 0.284. The Morgan fingerprint density at radius 2 is 2.16 bits per heavy atom. The molecule has 1 fully saturated rings. The number of nitrogens with zero attached hydrogens (tertiary/aromatic N) is 3. The number of aromatic nitrogens is 2. The molecule has 0 spiro atoms. The normalized spacial score (nSPS) is 19.9. The van der Waals surface area contributed by atoms with E-state index >= 15 is 0 Å². The summed E-state index contributed by atoms with van der Waals surface area (Å²) in [5.41, 5.74) is 7.07. The van der Waals surface area contributed by atoms with Crippen molar-refractivity contribution >= 4 is 0 Å². The summed E-state index contributed by atoms with van der Waals surface area (Å²) in [6.45, 7) is 2.63. The van der Waals surface area contributed by atoms with Crippen molar-refractivity contribution in [3.05, 3.63) is 47.6 Å². The predicted octanol–water partition coefficient (Wildman–Crippen LogP) is 1.19. The Hall–Kier alpha value is -1.72. The fourth-order valence-electron chi connectivity index (χ4n) is 2.40. The molecule has 19 heavy (non-hydrogen) atoms. The third-order valence-corrected chi connectivity index (χ3v) is 3.38. The molecule has 0 aliphatic carbocycles. The molecule has 2 N–H and O–H groups in total. The van der Waals surface area contributed by atoms with Crippen molar-refractivity contribution in [3.63, 3.8) is 0 Å². The van der Waals surface area contributed by atoms with E-state index in [1.807, 2.05) is 18.2 Å². The second kappa shape index (κ2) is 5.50. The molecule has 1 atom stereocenters. The number of hydrogen-bond donors (Lipinski definition) is 1. The predicted molar refractivity (Wildman–Crippen MR) is 71.4 cm³/mol. The van der Waals surface area contributed by atoms with E-state index in [1.54, 1.807) is 0 Å². The van der Waals surface area contributed by atoms with Crippen LogP contribution in [-0.4, -0.2) is 34.2 Å². The second-order valence-corrected chi connectivity index (χ2v) is 5.05. The summed E-state index contributed by atoms with van der Waals surface area (Å²) in [4.78, 5) is 6.69. The van der Waals surface area contributed by atoms with E-state index in [1.165, 1.54) is 5.56 Å². The van der Waals surface area contributed by atoms with Crippen molar-refractivity contribution < 1.29 is 4.52 Å². The Balaban J connectivity index is 1.60. The average Bonchev–Trinajstić information content (AvgIpc) is 3.01. The van der Waals surface area contributed by atoms with Gasteiger partial charge in [0.05, 0.1) is 6.54 Å². The highest BCUT2D eigenvalue weighted by Gasteiger charge is 2.21. The molecule has 0 radical (unpaired) electrons. The first kappa shape index (κ1) is 12.3. The molecule has 0 saturated carbocycles. The summed E-state index contributed by atoms with van der Waals surface area (Å²) in [5, 5.41) is 4.03. The van der Waals surface area contributed by atoms with E-state index in [4.69, 9.17) is 10.3 Å². The third-order valence-electron chi connectivity index (χ3n) is 3.38. The van der Waals surface area contributed by atoms with Crippen molar-refractivity contribution in [2.75, 3.05) is 13.1 Å². The van der Waals surface area contributed by atoms with Gasteiger partial charge in [-0.1, -0.05) is 35.5 Å². The van der Waals surface area contributed by atoms with Gasteiger partial charge in [-0.3, -0.25) is 4.90 Å². The second-order valence-electron chi connectivity index (χ2n) is 5.05. The first-order chi connectivity index (χ1) is 9.29. The minimum Gasteiger partial charge on any atom is -0.338 e. The van der Waals surface area contributed by atoms with Gasteiger partial charge in [0.15, 0.2) is 5.82 Å². The molecule has 3 rings (SSSR count). The van der Waals surface area contributed by atoms with Gasteiger partial charge in [-0.05, 0) is 12.0 Å².